The zero-order chi connectivity index (χ0) is 15.9. The lowest BCUT2D eigenvalue weighted by molar-refractivity contribution is -0.128. The number of amides is 1. The molecule has 1 aromatic rings. The Hall–Kier alpha value is -1.65. The van der Waals surface area contributed by atoms with E-state index in [-0.39, 0.29) is 17.2 Å². The first-order chi connectivity index (χ1) is 11.1. The fourth-order valence-electron chi connectivity index (χ4n) is 3.91. The molecule has 0 aromatic carbocycles. The van der Waals surface area contributed by atoms with Gasteiger partial charge >= 0.3 is 0 Å². The van der Waals surface area contributed by atoms with Crippen molar-refractivity contribution in [3.63, 3.8) is 0 Å². The SMILES string of the molecule is CC1(c2nc(C3CC(=O)N(CC4CCC4)C3)no2)CC=CCC1. The van der Waals surface area contributed by atoms with Crippen LogP contribution in [-0.2, 0) is 10.2 Å². The van der Waals surface area contributed by atoms with E-state index in [2.05, 4.69) is 29.2 Å². The van der Waals surface area contributed by atoms with E-state index >= 15 is 0 Å². The Morgan fingerprint density at radius 3 is 2.96 bits per heavy atom. The van der Waals surface area contributed by atoms with Crippen LogP contribution in [0.4, 0.5) is 0 Å². The average molecular weight is 315 g/mol. The highest BCUT2D eigenvalue weighted by atomic mass is 16.5. The summed E-state index contributed by atoms with van der Waals surface area (Å²) in [5.41, 5.74) is -0.0474. The zero-order valence-electron chi connectivity index (χ0n) is 13.8. The number of likely N-dealkylation sites (tertiary alicyclic amines) is 1. The van der Waals surface area contributed by atoms with Crippen molar-refractivity contribution < 1.29 is 9.32 Å². The second kappa shape index (κ2) is 5.77. The topological polar surface area (TPSA) is 59.2 Å². The third-order valence-electron chi connectivity index (χ3n) is 5.84. The Bertz CT molecular complexity index is 620. The minimum Gasteiger partial charge on any atom is -0.342 e. The fourth-order valence-corrected chi connectivity index (χ4v) is 3.91. The molecule has 0 N–H and O–H groups in total. The zero-order valence-corrected chi connectivity index (χ0v) is 13.8. The van der Waals surface area contributed by atoms with Crippen molar-refractivity contribution in [2.45, 2.75) is 63.2 Å². The van der Waals surface area contributed by atoms with Crippen LogP contribution in [0, 0.1) is 5.92 Å². The Morgan fingerprint density at radius 1 is 1.39 bits per heavy atom. The number of hydrogen-bond acceptors (Lipinski definition) is 4. The van der Waals surface area contributed by atoms with Gasteiger partial charge in [-0.05, 0) is 38.0 Å². The highest BCUT2D eigenvalue weighted by Crippen LogP contribution is 2.37. The first-order valence-electron chi connectivity index (χ1n) is 8.91. The molecule has 1 saturated heterocycles. The number of carbonyl (C=O) groups is 1. The molecule has 2 fully saturated rings. The molecular weight excluding hydrogens is 290 g/mol. The van der Waals surface area contributed by atoms with Gasteiger partial charge in [-0.25, -0.2) is 0 Å². The molecule has 2 atom stereocenters. The van der Waals surface area contributed by atoms with E-state index in [1.807, 2.05) is 4.90 Å². The summed E-state index contributed by atoms with van der Waals surface area (Å²) < 4.78 is 5.58. The third kappa shape index (κ3) is 2.81. The number of aromatic nitrogens is 2. The number of carbonyl (C=O) groups excluding carboxylic acids is 1. The van der Waals surface area contributed by atoms with Crippen LogP contribution in [0.25, 0.3) is 0 Å². The van der Waals surface area contributed by atoms with E-state index in [1.165, 1.54) is 19.3 Å². The number of rotatable bonds is 4. The molecule has 1 saturated carbocycles. The smallest absolute Gasteiger partial charge is 0.232 e. The summed E-state index contributed by atoms with van der Waals surface area (Å²) in [6, 6.07) is 0. The van der Waals surface area contributed by atoms with Crippen LogP contribution in [0.1, 0.15) is 69.5 Å². The molecule has 4 rings (SSSR count). The first kappa shape index (κ1) is 14.9. The van der Waals surface area contributed by atoms with Gasteiger partial charge in [-0.1, -0.05) is 30.7 Å². The van der Waals surface area contributed by atoms with Crippen molar-refractivity contribution in [2.24, 2.45) is 5.92 Å². The van der Waals surface area contributed by atoms with Crippen molar-refractivity contribution >= 4 is 5.91 Å². The van der Waals surface area contributed by atoms with Gasteiger partial charge in [0.2, 0.25) is 11.8 Å². The lowest BCUT2D eigenvalue weighted by Gasteiger charge is -2.30. The highest BCUT2D eigenvalue weighted by Gasteiger charge is 2.38. The van der Waals surface area contributed by atoms with Gasteiger partial charge in [-0.3, -0.25) is 4.79 Å². The summed E-state index contributed by atoms with van der Waals surface area (Å²) in [5.74, 6) is 2.52. The summed E-state index contributed by atoms with van der Waals surface area (Å²) in [7, 11) is 0. The fraction of sp³-hybridized carbons (Fsp3) is 0.722. The summed E-state index contributed by atoms with van der Waals surface area (Å²) in [4.78, 5) is 18.9. The Kier molecular flexibility index (Phi) is 3.74. The largest absolute Gasteiger partial charge is 0.342 e. The van der Waals surface area contributed by atoms with Crippen LogP contribution in [0.2, 0.25) is 0 Å². The van der Waals surface area contributed by atoms with Gasteiger partial charge in [0, 0.05) is 25.4 Å². The van der Waals surface area contributed by atoms with Crippen molar-refractivity contribution in [1.29, 1.82) is 0 Å². The maximum absolute atomic E-state index is 12.2. The Morgan fingerprint density at radius 2 is 2.26 bits per heavy atom. The van der Waals surface area contributed by atoms with Gasteiger partial charge in [-0.2, -0.15) is 4.98 Å². The molecule has 0 spiro atoms. The van der Waals surface area contributed by atoms with Gasteiger partial charge in [0.1, 0.15) is 0 Å². The van der Waals surface area contributed by atoms with Gasteiger partial charge < -0.3 is 9.42 Å². The molecule has 0 bridgehead atoms. The van der Waals surface area contributed by atoms with Crippen molar-refractivity contribution in [3.05, 3.63) is 23.9 Å². The predicted octanol–water partition coefficient (Wildman–Crippen LogP) is 3.18. The number of allylic oxidation sites excluding steroid dienone is 2. The molecule has 124 valence electrons. The van der Waals surface area contributed by atoms with Gasteiger partial charge in [0.25, 0.3) is 0 Å². The van der Waals surface area contributed by atoms with Gasteiger partial charge in [0.15, 0.2) is 5.82 Å². The van der Waals surface area contributed by atoms with Crippen LogP contribution in [0.5, 0.6) is 0 Å². The van der Waals surface area contributed by atoms with Crippen LogP contribution < -0.4 is 0 Å². The van der Waals surface area contributed by atoms with Crippen LogP contribution in [-0.4, -0.2) is 34.0 Å². The normalized spacial score (nSPS) is 31.6. The summed E-state index contributed by atoms with van der Waals surface area (Å²) in [6.45, 7) is 3.87. The standard InChI is InChI=1S/C18H25N3O2/c1-18(8-3-2-4-9-18)17-19-16(20-23-17)14-10-15(22)21(12-14)11-13-6-5-7-13/h2-3,13-14H,4-12H2,1H3. The number of hydrogen-bond donors (Lipinski definition) is 0. The number of nitrogens with zero attached hydrogens (tertiary/aromatic N) is 3. The lowest BCUT2D eigenvalue weighted by atomic mass is 9.79. The molecule has 0 radical (unpaired) electrons. The maximum atomic E-state index is 12.2. The Labute approximate surface area is 137 Å². The lowest BCUT2D eigenvalue weighted by Crippen LogP contribution is -2.33. The minimum atomic E-state index is -0.0474. The van der Waals surface area contributed by atoms with E-state index in [0.717, 1.165) is 44.1 Å². The molecule has 5 nitrogen and oxygen atoms in total. The van der Waals surface area contributed by atoms with Crippen molar-refractivity contribution in [2.75, 3.05) is 13.1 Å². The third-order valence-corrected chi connectivity index (χ3v) is 5.84. The predicted molar refractivity (Wildman–Crippen MR) is 85.9 cm³/mol. The Balaban J connectivity index is 1.44. The average Bonchev–Trinajstić information content (AvgIpc) is 3.11. The molecular formula is C18H25N3O2. The second-order valence-electron chi connectivity index (χ2n) is 7.73. The second-order valence-corrected chi connectivity index (χ2v) is 7.73. The molecule has 2 unspecified atom stereocenters. The highest BCUT2D eigenvalue weighted by molar-refractivity contribution is 5.79. The summed E-state index contributed by atoms with van der Waals surface area (Å²) in [5, 5.41) is 4.21. The van der Waals surface area contributed by atoms with Gasteiger partial charge in [0.05, 0.1) is 5.41 Å². The van der Waals surface area contributed by atoms with Crippen molar-refractivity contribution in [3.8, 4) is 0 Å². The van der Waals surface area contributed by atoms with Gasteiger partial charge in [-0.15, -0.1) is 0 Å². The molecule has 1 amide bonds. The molecule has 5 heteroatoms. The van der Waals surface area contributed by atoms with Crippen molar-refractivity contribution in [1.82, 2.24) is 15.0 Å². The molecule has 23 heavy (non-hydrogen) atoms. The molecule has 3 aliphatic rings. The maximum Gasteiger partial charge on any atom is 0.232 e. The molecule has 2 heterocycles. The monoisotopic (exact) mass is 315 g/mol. The van der Waals surface area contributed by atoms with Crippen LogP contribution in [0.3, 0.4) is 0 Å². The van der Waals surface area contributed by atoms with E-state index in [0.29, 0.717) is 12.3 Å². The molecule has 1 aromatic heterocycles. The van der Waals surface area contributed by atoms with E-state index in [9.17, 15) is 4.79 Å². The van der Waals surface area contributed by atoms with E-state index in [1.54, 1.807) is 0 Å². The van der Waals surface area contributed by atoms with Crippen LogP contribution >= 0.6 is 0 Å². The summed E-state index contributed by atoms with van der Waals surface area (Å²) >= 11 is 0. The first-order valence-corrected chi connectivity index (χ1v) is 8.91. The van der Waals surface area contributed by atoms with Crippen LogP contribution in [0.15, 0.2) is 16.7 Å². The quantitative estimate of drug-likeness (QED) is 0.801. The molecule has 2 aliphatic carbocycles. The summed E-state index contributed by atoms with van der Waals surface area (Å²) in [6.07, 6.45) is 11.9. The molecule has 1 aliphatic heterocycles. The van der Waals surface area contributed by atoms with E-state index in [4.69, 9.17) is 4.52 Å². The van der Waals surface area contributed by atoms with E-state index < -0.39 is 0 Å². The minimum absolute atomic E-state index is 0.0474.